The van der Waals surface area contributed by atoms with Crippen LogP contribution in [-0.2, 0) is 40.0 Å². The molecule has 0 heterocycles. The molecule has 6 nitrogen and oxygen atoms in total. The molecule has 0 radical (unpaired) electrons. The zero-order valence-corrected chi connectivity index (χ0v) is 35.2. The summed E-state index contributed by atoms with van der Waals surface area (Å²) in [6, 6.07) is 21.5. The van der Waals surface area contributed by atoms with Gasteiger partial charge in [0.15, 0.2) is 0 Å². The molecule has 0 amide bonds. The van der Waals surface area contributed by atoms with Crippen LogP contribution < -0.4 is 5.73 Å². The Labute approximate surface area is 331 Å². The second kappa shape index (κ2) is 25.0. The largest absolute Gasteiger partial charge is 0.748 e. The van der Waals surface area contributed by atoms with E-state index < -0.39 is 10.1 Å². The molecule has 2 N–H and O–H groups in total. The molecule has 0 spiro atoms. The Morgan fingerprint density at radius 2 is 1.27 bits per heavy atom. The van der Waals surface area contributed by atoms with Crippen molar-refractivity contribution in [3.05, 3.63) is 120 Å². The van der Waals surface area contributed by atoms with Crippen LogP contribution in [-0.4, -0.2) is 42.8 Å². The zero-order chi connectivity index (χ0) is 37.1. The third kappa shape index (κ3) is 18.8. The van der Waals surface area contributed by atoms with Crippen LogP contribution in [0.25, 0.3) is 11.1 Å². The normalized spacial score (nSPS) is 17.9. The number of rotatable bonds is 8. The van der Waals surface area contributed by atoms with Gasteiger partial charge in [0.25, 0.3) is 0 Å². The summed E-state index contributed by atoms with van der Waals surface area (Å²) < 4.78 is 39.2. The van der Waals surface area contributed by atoms with E-state index in [0.717, 1.165) is 58.8 Å². The quantitative estimate of drug-likeness (QED) is 0.123. The Kier molecular flexibility index (Phi) is 22.2. The van der Waals surface area contributed by atoms with Crippen molar-refractivity contribution in [2.45, 2.75) is 128 Å². The summed E-state index contributed by atoms with van der Waals surface area (Å²) in [5.41, 5.74) is 12.8. The number of hydrogen-bond acceptors (Lipinski definition) is 6. The second-order valence-electron chi connectivity index (χ2n) is 14.1. The van der Waals surface area contributed by atoms with E-state index in [-0.39, 0.29) is 32.6 Å². The predicted octanol–water partition coefficient (Wildman–Crippen LogP) is 10.7. The molecule has 2 aromatic rings. The van der Waals surface area contributed by atoms with Crippen LogP contribution in [0.4, 0.5) is 0 Å². The summed E-state index contributed by atoms with van der Waals surface area (Å²) in [7, 11) is -2.59. The van der Waals surface area contributed by atoms with Crippen LogP contribution in [0.3, 0.4) is 0 Å². The average Bonchev–Trinajstić information content (AvgIpc) is 3.10. The van der Waals surface area contributed by atoms with Gasteiger partial charge in [-0.3, -0.25) is 0 Å². The van der Waals surface area contributed by atoms with Crippen LogP contribution in [0.15, 0.2) is 96.8 Å². The second-order valence-corrected chi connectivity index (χ2v) is 17.5. The van der Waals surface area contributed by atoms with Gasteiger partial charge in [-0.25, -0.2) is 8.42 Å². The maximum atomic E-state index is 9.08. The minimum absolute atomic E-state index is 0. The molecule has 0 unspecified atom stereocenters. The van der Waals surface area contributed by atoms with Crippen molar-refractivity contribution in [1.29, 1.82) is 0 Å². The molecule has 2 aromatic carbocycles. The van der Waals surface area contributed by atoms with Gasteiger partial charge in [-0.1, -0.05) is 87.1 Å². The third-order valence-electron chi connectivity index (χ3n) is 8.75. The summed E-state index contributed by atoms with van der Waals surface area (Å²) in [5.74, 6) is 0.896. The van der Waals surface area contributed by atoms with E-state index in [2.05, 4.69) is 68.5 Å². The van der Waals surface area contributed by atoms with E-state index in [9.17, 15) is 0 Å². The minimum atomic E-state index is -3.92. The van der Waals surface area contributed by atoms with Gasteiger partial charge in [-0.05, 0) is 83.6 Å². The molecule has 4 aliphatic rings. The van der Waals surface area contributed by atoms with Crippen molar-refractivity contribution in [2.24, 2.45) is 5.73 Å². The van der Waals surface area contributed by atoms with Crippen molar-refractivity contribution in [2.75, 3.05) is 6.26 Å². The van der Waals surface area contributed by atoms with E-state index in [1.54, 1.807) is 25.7 Å². The van der Waals surface area contributed by atoms with Crippen molar-refractivity contribution in [1.82, 2.24) is 0 Å². The van der Waals surface area contributed by atoms with Gasteiger partial charge in [-0.2, -0.15) is 11.6 Å². The first kappa shape index (κ1) is 46.0. The zero-order valence-electron chi connectivity index (χ0n) is 31.8. The van der Waals surface area contributed by atoms with Gasteiger partial charge in [0.2, 0.25) is 0 Å². The maximum absolute atomic E-state index is 9.08. The molecular weight excluding hydrogens is 780 g/mol. The summed E-state index contributed by atoms with van der Waals surface area (Å²) in [6.45, 7) is 8.19. The van der Waals surface area contributed by atoms with Gasteiger partial charge < -0.3 is 19.8 Å². The number of benzene rings is 2. The van der Waals surface area contributed by atoms with Gasteiger partial charge in [-0.15, -0.1) is 67.7 Å². The summed E-state index contributed by atoms with van der Waals surface area (Å²) in [6.07, 6.45) is 29.3. The third-order valence-corrected chi connectivity index (χ3v) is 10.8. The van der Waals surface area contributed by atoms with Crippen LogP contribution in [0.1, 0.15) is 116 Å². The minimum Gasteiger partial charge on any atom is -0.748 e. The Morgan fingerprint density at radius 3 is 1.73 bits per heavy atom. The SMILES string of the molecule is C1CCC(PC2CCCCC2)CC1.CC(C)OC1=C(c2ccccc2)[C-](OC(C)C)CC=C1.CS(=O)(=O)[O-].N[C-]1CC=CC=C1c1ccccc1.[Pd]. The molecule has 0 aliphatic heterocycles. The van der Waals surface area contributed by atoms with E-state index in [1.165, 1.54) is 52.7 Å². The Balaban J connectivity index is 0.000000258. The first-order valence-corrected chi connectivity index (χ1v) is 21.7. The molecule has 0 atom stereocenters. The molecule has 0 saturated heterocycles. The van der Waals surface area contributed by atoms with Crippen molar-refractivity contribution >= 4 is 29.8 Å². The van der Waals surface area contributed by atoms with Gasteiger partial charge >= 0.3 is 0 Å². The Morgan fingerprint density at radius 1 is 0.769 bits per heavy atom. The van der Waals surface area contributed by atoms with Gasteiger partial charge in [0.05, 0.1) is 16.2 Å². The van der Waals surface area contributed by atoms with Crippen molar-refractivity contribution in [3.63, 3.8) is 0 Å². The summed E-state index contributed by atoms with van der Waals surface area (Å²) in [5, 5.41) is 0. The van der Waals surface area contributed by atoms with Crippen molar-refractivity contribution < 1.29 is 42.9 Å². The van der Waals surface area contributed by atoms with Gasteiger partial charge in [0, 0.05) is 38.5 Å². The molecule has 9 heteroatoms. The van der Waals surface area contributed by atoms with Crippen LogP contribution in [0.2, 0.25) is 0 Å². The first-order valence-electron chi connectivity index (χ1n) is 18.8. The molecule has 6 rings (SSSR count). The number of hydrogen-bond donors (Lipinski definition) is 1. The van der Waals surface area contributed by atoms with Crippen LogP contribution in [0, 0.1) is 12.1 Å². The summed E-state index contributed by atoms with van der Waals surface area (Å²) >= 11 is 0. The number of allylic oxidation sites excluding steroid dienone is 3. The fraction of sp³-hybridized carbons (Fsp3) is 0.488. The van der Waals surface area contributed by atoms with Gasteiger partial charge in [0.1, 0.15) is 0 Å². The maximum Gasteiger partial charge on any atom is 0.0916 e. The van der Waals surface area contributed by atoms with E-state index >= 15 is 0 Å². The molecule has 52 heavy (non-hydrogen) atoms. The topological polar surface area (TPSA) is 102 Å². The number of nitrogens with two attached hydrogens (primary N) is 1. The van der Waals surface area contributed by atoms with E-state index in [4.69, 9.17) is 28.2 Å². The fourth-order valence-electron chi connectivity index (χ4n) is 6.60. The van der Waals surface area contributed by atoms with Crippen LogP contribution >= 0.6 is 8.58 Å². The van der Waals surface area contributed by atoms with E-state index in [1.807, 2.05) is 50.2 Å². The molecule has 2 saturated carbocycles. The monoisotopic (exact) mass is 840 g/mol. The molecule has 2 fully saturated rings. The Hall–Kier alpha value is -2.14. The standard InChI is InChI=1S/C18H23O2.C12H12N.C12H23P.CH4O3S.Pd/c1-13(2)19-16-11-8-12-17(20-14(3)4)18(16)15-9-6-5-7-10-15;13-12-9-5-4-8-11(12)10-6-2-1-3-7-10;1-3-7-11(8-4-1)13-12-9-5-2-6-10-12;1-5(2,3)4;/h5-11,13-14H,12H2,1-4H3;1-8H,9,13H2;11-13H,1-10H2;1H3,(H,2,3,4);/q2*-1;;;/p-1. The van der Waals surface area contributed by atoms with Crippen LogP contribution in [0.5, 0.6) is 0 Å². The Bertz CT molecular complexity index is 1470. The first-order chi connectivity index (χ1) is 24.4. The number of ether oxygens (including phenoxy) is 2. The van der Waals surface area contributed by atoms with E-state index in [0.29, 0.717) is 6.26 Å². The predicted molar refractivity (Wildman–Crippen MR) is 216 cm³/mol. The smallest absolute Gasteiger partial charge is 0.0916 e. The summed E-state index contributed by atoms with van der Waals surface area (Å²) in [4.78, 5) is 0. The molecule has 292 valence electrons. The molecular formula is C43H61NO5PPdS-3. The molecule has 0 aromatic heterocycles. The fourth-order valence-corrected chi connectivity index (χ4v) is 8.74. The van der Waals surface area contributed by atoms with Crippen molar-refractivity contribution in [3.8, 4) is 0 Å². The average molecular weight is 841 g/mol. The molecule has 0 bridgehead atoms. The molecule has 4 aliphatic carbocycles.